The molecule has 7 nitrogen and oxygen atoms in total. The van der Waals surface area contributed by atoms with Crippen molar-refractivity contribution in [1.29, 1.82) is 0 Å². The molecule has 2 unspecified atom stereocenters. The molecule has 0 bridgehead atoms. The molecule has 0 saturated carbocycles. The molecule has 0 aromatic heterocycles. The van der Waals surface area contributed by atoms with Gasteiger partial charge in [0.15, 0.2) is 6.10 Å². The summed E-state index contributed by atoms with van der Waals surface area (Å²) in [5, 5.41) is 10.6. The van der Waals surface area contributed by atoms with Crippen LogP contribution in [0.4, 0.5) is 5.69 Å². The second kappa shape index (κ2) is 9.22. The summed E-state index contributed by atoms with van der Waals surface area (Å²) in [6.45, 7) is 8.19. The Morgan fingerprint density at radius 1 is 1.17 bits per heavy atom. The largest absolute Gasteiger partial charge is 0.466 e. The summed E-state index contributed by atoms with van der Waals surface area (Å²) in [5.74, 6) is 0.543. The molecule has 3 aliphatic heterocycles. The van der Waals surface area contributed by atoms with Gasteiger partial charge in [-0.15, -0.1) is 0 Å². The fraction of sp³-hybridized carbons (Fsp3) is 0.696. The van der Waals surface area contributed by atoms with Crippen LogP contribution in [0, 0.1) is 0 Å². The van der Waals surface area contributed by atoms with Gasteiger partial charge in [0.2, 0.25) is 11.5 Å². The summed E-state index contributed by atoms with van der Waals surface area (Å²) < 4.78 is 18.2. The van der Waals surface area contributed by atoms with Crippen molar-refractivity contribution in [2.75, 3.05) is 57.5 Å². The van der Waals surface area contributed by atoms with Gasteiger partial charge in [0, 0.05) is 32.8 Å². The predicted octanol–water partition coefficient (Wildman–Crippen LogP) is 2.24. The first-order chi connectivity index (χ1) is 14.7. The molecule has 0 aliphatic carbocycles. The highest BCUT2D eigenvalue weighted by Crippen LogP contribution is 2.44. The first-order valence-corrected chi connectivity index (χ1v) is 11.4. The van der Waals surface area contributed by atoms with E-state index in [4.69, 9.17) is 14.2 Å². The molecule has 3 aliphatic rings. The van der Waals surface area contributed by atoms with Crippen molar-refractivity contribution in [1.82, 2.24) is 4.90 Å². The number of carbonyl (C=O) groups is 1. The van der Waals surface area contributed by atoms with Crippen LogP contribution in [0.5, 0.6) is 5.75 Å². The number of aryl methyl sites for hydroxylation is 1. The highest BCUT2D eigenvalue weighted by molar-refractivity contribution is 6.08. The molecule has 2 fully saturated rings. The van der Waals surface area contributed by atoms with E-state index in [-0.39, 0.29) is 12.4 Å². The van der Waals surface area contributed by atoms with E-state index in [1.54, 1.807) is 0 Å². The third-order valence-corrected chi connectivity index (χ3v) is 6.46. The lowest BCUT2D eigenvalue weighted by Crippen LogP contribution is -2.69. The third kappa shape index (κ3) is 3.62. The van der Waals surface area contributed by atoms with Crippen LogP contribution < -0.4 is 9.64 Å². The number of hydrogen-bond acceptors (Lipinski definition) is 7. The Kier molecular flexibility index (Phi) is 6.63. The summed E-state index contributed by atoms with van der Waals surface area (Å²) in [5.41, 5.74) is 1.35. The monoisotopic (exact) mass is 418 g/mol. The molecule has 4 rings (SSSR count). The van der Waals surface area contributed by atoms with Gasteiger partial charge in [-0.2, -0.15) is 0 Å². The number of anilines is 1. The number of aliphatic hydroxyl groups excluding tert-OH is 1. The lowest BCUT2D eigenvalue weighted by Gasteiger charge is -2.50. The zero-order chi connectivity index (χ0) is 21.1. The van der Waals surface area contributed by atoms with Crippen molar-refractivity contribution in [2.24, 2.45) is 0 Å². The zero-order valence-corrected chi connectivity index (χ0v) is 18.2. The fourth-order valence-electron chi connectivity index (χ4n) is 4.98. The number of aliphatic hydroxyl groups is 1. The highest BCUT2D eigenvalue weighted by atomic mass is 16.6. The number of carbonyl (C=O) groups excluding carboxylic acids is 1. The molecule has 30 heavy (non-hydrogen) atoms. The van der Waals surface area contributed by atoms with Gasteiger partial charge in [-0.1, -0.05) is 19.4 Å². The number of ether oxygens (including phenoxy) is 3. The fourth-order valence-corrected chi connectivity index (χ4v) is 4.98. The summed E-state index contributed by atoms with van der Waals surface area (Å²) >= 11 is 0. The number of morpholine rings is 1. The lowest BCUT2D eigenvalue weighted by molar-refractivity contribution is -0.202. The van der Waals surface area contributed by atoms with E-state index < -0.39 is 11.8 Å². The van der Waals surface area contributed by atoms with Crippen molar-refractivity contribution in [3.8, 4) is 5.75 Å². The number of benzene rings is 1. The number of ketones is 1. The summed E-state index contributed by atoms with van der Waals surface area (Å²) in [6, 6.07) is 4.16. The third-order valence-electron chi connectivity index (χ3n) is 6.46. The van der Waals surface area contributed by atoms with Crippen molar-refractivity contribution in [3.63, 3.8) is 0 Å². The number of hydrogen-bond donors (Lipinski definition) is 1. The molecule has 1 N–H and O–H groups in total. The smallest absolute Gasteiger partial charge is 0.220 e. The maximum atomic E-state index is 14.0. The Bertz CT molecular complexity index is 758. The van der Waals surface area contributed by atoms with Crippen LogP contribution in [0.2, 0.25) is 0 Å². The molecule has 3 heterocycles. The van der Waals surface area contributed by atoms with Gasteiger partial charge in [-0.05, 0) is 37.8 Å². The minimum Gasteiger partial charge on any atom is -0.466 e. The van der Waals surface area contributed by atoms with E-state index in [2.05, 4.69) is 24.0 Å². The maximum Gasteiger partial charge on any atom is 0.220 e. The minimum atomic E-state index is -1.23. The van der Waals surface area contributed by atoms with E-state index in [1.165, 1.54) is 0 Å². The minimum absolute atomic E-state index is 0.0847. The average Bonchev–Trinajstić information content (AvgIpc) is 3.31. The second-order valence-corrected chi connectivity index (χ2v) is 8.30. The molecular weight excluding hydrogens is 384 g/mol. The number of rotatable bonds is 7. The van der Waals surface area contributed by atoms with Crippen LogP contribution in [0.15, 0.2) is 12.1 Å². The van der Waals surface area contributed by atoms with Crippen molar-refractivity contribution in [2.45, 2.75) is 51.4 Å². The molecule has 0 radical (unpaired) electrons. The Morgan fingerprint density at radius 3 is 2.53 bits per heavy atom. The number of Topliss-reactive ketones (excluding diaryl/α,β-unsaturated/α-hetero) is 1. The standard InChI is InChI=1S/C23H34N2O5/c1-3-7-17-8-9-18(24-10-5-6-11-24)19-20(27)22(29-4-2)23(16-26,30-21(17)19)25-12-14-28-15-13-25/h8-9,22,26H,3-7,10-16H2,1-2H3. The molecule has 0 amide bonds. The Labute approximate surface area is 178 Å². The second-order valence-electron chi connectivity index (χ2n) is 8.30. The summed E-state index contributed by atoms with van der Waals surface area (Å²) in [7, 11) is 0. The quantitative estimate of drug-likeness (QED) is 0.728. The molecule has 2 saturated heterocycles. The van der Waals surface area contributed by atoms with Gasteiger partial charge in [-0.25, -0.2) is 0 Å². The van der Waals surface area contributed by atoms with Crippen molar-refractivity contribution >= 4 is 11.5 Å². The van der Waals surface area contributed by atoms with Gasteiger partial charge in [0.05, 0.1) is 24.5 Å². The van der Waals surface area contributed by atoms with Gasteiger partial charge in [0.1, 0.15) is 12.4 Å². The van der Waals surface area contributed by atoms with Crippen LogP contribution in [-0.2, 0) is 15.9 Å². The summed E-state index contributed by atoms with van der Waals surface area (Å²) in [4.78, 5) is 18.3. The first kappa shape index (κ1) is 21.6. The molecule has 1 aromatic carbocycles. The van der Waals surface area contributed by atoms with Crippen LogP contribution >= 0.6 is 0 Å². The van der Waals surface area contributed by atoms with Crippen LogP contribution in [0.1, 0.15) is 49.0 Å². The van der Waals surface area contributed by atoms with Gasteiger partial charge >= 0.3 is 0 Å². The molecule has 2 atom stereocenters. The zero-order valence-electron chi connectivity index (χ0n) is 18.2. The molecule has 7 heteroatoms. The van der Waals surface area contributed by atoms with E-state index >= 15 is 0 Å². The molecule has 0 spiro atoms. The Balaban J connectivity index is 1.85. The van der Waals surface area contributed by atoms with Crippen molar-refractivity contribution < 1.29 is 24.1 Å². The van der Waals surface area contributed by atoms with Crippen LogP contribution in [0.3, 0.4) is 0 Å². The Morgan fingerprint density at radius 2 is 1.90 bits per heavy atom. The molecular formula is C23H34N2O5. The van der Waals surface area contributed by atoms with Crippen LogP contribution in [-0.4, -0.2) is 80.2 Å². The Hall–Kier alpha value is -1.67. The maximum absolute atomic E-state index is 14.0. The normalized spacial score (nSPS) is 27.2. The topological polar surface area (TPSA) is 71.5 Å². The van der Waals surface area contributed by atoms with E-state index in [0.29, 0.717) is 44.2 Å². The molecule has 1 aromatic rings. The highest BCUT2D eigenvalue weighted by Gasteiger charge is 2.56. The SMILES string of the molecule is CCCc1ccc(N2CCCC2)c2c1OC(CO)(N1CCOCC1)C(OCC)C2=O. The number of nitrogens with zero attached hydrogens (tertiary/aromatic N) is 2. The number of fused-ring (bicyclic) bond motifs is 1. The van der Waals surface area contributed by atoms with Crippen molar-refractivity contribution in [3.05, 3.63) is 23.3 Å². The van der Waals surface area contributed by atoms with Crippen LogP contribution in [0.25, 0.3) is 0 Å². The lowest BCUT2D eigenvalue weighted by atomic mass is 9.88. The average molecular weight is 419 g/mol. The van der Waals surface area contributed by atoms with Gasteiger partial charge in [0.25, 0.3) is 0 Å². The van der Waals surface area contributed by atoms with Gasteiger partial charge in [-0.3, -0.25) is 9.69 Å². The van der Waals surface area contributed by atoms with E-state index in [1.807, 2.05) is 11.8 Å². The summed E-state index contributed by atoms with van der Waals surface area (Å²) in [6.07, 6.45) is 3.15. The molecule has 166 valence electrons. The van der Waals surface area contributed by atoms with Gasteiger partial charge < -0.3 is 24.2 Å². The van der Waals surface area contributed by atoms with E-state index in [0.717, 1.165) is 50.0 Å². The predicted molar refractivity (Wildman–Crippen MR) is 114 cm³/mol. The first-order valence-electron chi connectivity index (χ1n) is 11.4. The van der Waals surface area contributed by atoms with E-state index in [9.17, 15) is 9.90 Å².